The number of aromatic nitrogens is 4. The predicted molar refractivity (Wildman–Crippen MR) is 109 cm³/mol. The lowest BCUT2D eigenvalue weighted by molar-refractivity contribution is -0.119. The number of rotatable bonds is 7. The summed E-state index contributed by atoms with van der Waals surface area (Å²) < 4.78 is 13.5. The van der Waals surface area contributed by atoms with Crippen molar-refractivity contribution in [1.29, 1.82) is 0 Å². The van der Waals surface area contributed by atoms with Crippen LogP contribution in [0.15, 0.2) is 53.9 Å². The number of nitrogens with zero attached hydrogens (tertiary/aromatic N) is 4. The zero-order valence-corrected chi connectivity index (χ0v) is 16.8. The minimum absolute atomic E-state index is 0.0893. The molecular weight excluding hydrogens is 390 g/mol. The van der Waals surface area contributed by atoms with Gasteiger partial charge in [0, 0.05) is 24.5 Å². The molecule has 1 aliphatic rings. The second-order valence-electron chi connectivity index (χ2n) is 6.38. The number of benzene rings is 1. The number of thioether (sulfide) groups is 1. The summed E-state index contributed by atoms with van der Waals surface area (Å²) in [6.07, 6.45) is 3.23. The van der Waals surface area contributed by atoms with Gasteiger partial charge in [-0.15, -0.1) is 10.2 Å². The number of pyridine rings is 1. The van der Waals surface area contributed by atoms with Crippen molar-refractivity contribution in [3.8, 4) is 22.9 Å². The lowest BCUT2D eigenvalue weighted by Crippen LogP contribution is -2.41. The van der Waals surface area contributed by atoms with Crippen molar-refractivity contribution in [2.24, 2.45) is 0 Å². The molecule has 1 aliphatic heterocycles. The van der Waals surface area contributed by atoms with Crippen LogP contribution >= 0.6 is 11.8 Å². The van der Waals surface area contributed by atoms with E-state index in [1.807, 2.05) is 47.9 Å². The van der Waals surface area contributed by atoms with E-state index in [9.17, 15) is 4.79 Å². The Morgan fingerprint density at radius 3 is 2.79 bits per heavy atom. The Kier molecular flexibility index (Phi) is 5.95. The molecule has 2 aromatic heterocycles. The fraction of sp³-hybridized carbons (Fsp3) is 0.300. The van der Waals surface area contributed by atoms with Gasteiger partial charge in [0.15, 0.2) is 22.5 Å². The van der Waals surface area contributed by atoms with Crippen LogP contribution in [0.25, 0.3) is 11.4 Å². The molecule has 0 saturated heterocycles. The van der Waals surface area contributed by atoms with Gasteiger partial charge in [-0.25, -0.2) is 0 Å². The van der Waals surface area contributed by atoms with Crippen LogP contribution in [0.3, 0.4) is 0 Å². The minimum Gasteiger partial charge on any atom is -0.486 e. The summed E-state index contributed by atoms with van der Waals surface area (Å²) in [7, 11) is 0. The van der Waals surface area contributed by atoms with E-state index in [-0.39, 0.29) is 17.8 Å². The predicted octanol–water partition coefficient (Wildman–Crippen LogP) is 2.41. The van der Waals surface area contributed by atoms with Crippen LogP contribution in [0, 0.1) is 0 Å². The summed E-state index contributed by atoms with van der Waals surface area (Å²) in [6, 6.07) is 11.3. The van der Waals surface area contributed by atoms with Crippen molar-refractivity contribution >= 4 is 17.7 Å². The molecule has 1 atom stereocenters. The SMILES string of the molecule is CCn1c(SCC(=O)NC[C@@H]2COc3ccccc3O2)nnc1-c1ccncc1. The Morgan fingerprint density at radius 1 is 1.21 bits per heavy atom. The smallest absolute Gasteiger partial charge is 0.230 e. The number of amides is 1. The summed E-state index contributed by atoms with van der Waals surface area (Å²) in [5, 5.41) is 12.1. The average Bonchev–Trinajstić information content (AvgIpc) is 3.19. The molecular formula is C20H21N5O3S. The number of ether oxygens (including phenoxy) is 2. The third-order valence-corrected chi connectivity index (χ3v) is 5.37. The quantitative estimate of drug-likeness (QED) is 0.597. The summed E-state index contributed by atoms with van der Waals surface area (Å²) in [5.41, 5.74) is 0.945. The van der Waals surface area contributed by atoms with Crippen LogP contribution < -0.4 is 14.8 Å². The topological polar surface area (TPSA) is 91.2 Å². The molecule has 1 aromatic carbocycles. The van der Waals surface area contributed by atoms with Crippen molar-refractivity contribution in [1.82, 2.24) is 25.1 Å². The number of hydrogen-bond acceptors (Lipinski definition) is 7. The van der Waals surface area contributed by atoms with Crippen molar-refractivity contribution in [2.45, 2.75) is 24.7 Å². The maximum atomic E-state index is 12.3. The van der Waals surface area contributed by atoms with Gasteiger partial charge < -0.3 is 19.4 Å². The van der Waals surface area contributed by atoms with Crippen molar-refractivity contribution in [2.75, 3.05) is 18.9 Å². The first-order chi connectivity index (χ1) is 14.2. The molecule has 8 nitrogen and oxygen atoms in total. The van der Waals surface area contributed by atoms with Crippen LogP contribution in [0.1, 0.15) is 6.92 Å². The molecule has 0 radical (unpaired) electrons. The van der Waals surface area contributed by atoms with Crippen LogP contribution in [0.4, 0.5) is 0 Å². The fourth-order valence-electron chi connectivity index (χ4n) is 2.97. The maximum Gasteiger partial charge on any atom is 0.230 e. The number of para-hydroxylation sites is 2. The molecule has 1 amide bonds. The van der Waals surface area contributed by atoms with Gasteiger partial charge in [0.05, 0.1) is 12.3 Å². The Labute approximate surface area is 172 Å². The van der Waals surface area contributed by atoms with Gasteiger partial charge in [0.2, 0.25) is 5.91 Å². The average molecular weight is 411 g/mol. The van der Waals surface area contributed by atoms with E-state index in [0.717, 1.165) is 17.1 Å². The van der Waals surface area contributed by atoms with Gasteiger partial charge in [-0.2, -0.15) is 0 Å². The van der Waals surface area contributed by atoms with Crippen LogP contribution in [0.5, 0.6) is 11.5 Å². The molecule has 0 unspecified atom stereocenters. The highest BCUT2D eigenvalue weighted by Crippen LogP contribution is 2.30. The lowest BCUT2D eigenvalue weighted by Gasteiger charge is -2.26. The van der Waals surface area contributed by atoms with Crippen molar-refractivity contribution < 1.29 is 14.3 Å². The molecule has 3 heterocycles. The summed E-state index contributed by atoms with van der Waals surface area (Å²) >= 11 is 1.36. The van der Waals surface area contributed by atoms with Gasteiger partial charge >= 0.3 is 0 Å². The summed E-state index contributed by atoms with van der Waals surface area (Å²) in [4.78, 5) is 16.3. The highest BCUT2D eigenvalue weighted by atomic mass is 32.2. The second-order valence-corrected chi connectivity index (χ2v) is 7.32. The van der Waals surface area contributed by atoms with Gasteiger partial charge in [0.25, 0.3) is 0 Å². The highest BCUT2D eigenvalue weighted by molar-refractivity contribution is 7.99. The van der Waals surface area contributed by atoms with Gasteiger partial charge in [-0.1, -0.05) is 23.9 Å². The maximum absolute atomic E-state index is 12.3. The van der Waals surface area contributed by atoms with Crippen LogP contribution in [-0.4, -0.2) is 50.7 Å². The molecule has 0 bridgehead atoms. The van der Waals surface area contributed by atoms with E-state index < -0.39 is 0 Å². The number of fused-ring (bicyclic) bond motifs is 1. The molecule has 3 aromatic rings. The van der Waals surface area contributed by atoms with Crippen molar-refractivity contribution in [3.63, 3.8) is 0 Å². The molecule has 9 heteroatoms. The molecule has 29 heavy (non-hydrogen) atoms. The first-order valence-corrected chi connectivity index (χ1v) is 10.3. The number of carbonyl (C=O) groups is 1. The zero-order chi connectivity index (χ0) is 20.1. The highest BCUT2D eigenvalue weighted by Gasteiger charge is 2.21. The fourth-order valence-corrected chi connectivity index (χ4v) is 3.80. The Morgan fingerprint density at radius 2 is 2.00 bits per heavy atom. The second kappa shape index (κ2) is 8.95. The minimum atomic E-state index is -0.212. The number of nitrogens with one attached hydrogen (secondary N) is 1. The molecule has 4 rings (SSSR count). The van der Waals surface area contributed by atoms with E-state index in [4.69, 9.17) is 9.47 Å². The molecule has 0 aliphatic carbocycles. The normalized spacial score (nSPS) is 15.1. The van der Waals surface area contributed by atoms with Crippen LogP contribution in [0.2, 0.25) is 0 Å². The largest absolute Gasteiger partial charge is 0.486 e. The molecule has 0 spiro atoms. The Balaban J connectivity index is 1.30. The first-order valence-electron chi connectivity index (χ1n) is 9.36. The van der Waals surface area contributed by atoms with Gasteiger partial charge in [0.1, 0.15) is 12.7 Å². The summed E-state index contributed by atoms with van der Waals surface area (Å²) in [5.74, 6) is 2.36. The standard InChI is InChI=1S/C20H21N5O3S/c1-2-25-19(14-7-9-21-10-8-14)23-24-20(25)29-13-18(26)22-11-15-12-27-16-5-3-4-6-17(16)28-15/h3-10,15H,2,11-13H2,1H3,(H,22,26)/t15-/m1/s1. The number of hydrogen-bond donors (Lipinski definition) is 1. The van der Waals surface area contributed by atoms with E-state index >= 15 is 0 Å². The van der Waals surface area contributed by atoms with Crippen LogP contribution in [-0.2, 0) is 11.3 Å². The molecule has 150 valence electrons. The Hall–Kier alpha value is -3.07. The molecule has 1 N–H and O–H groups in total. The van der Waals surface area contributed by atoms with Gasteiger partial charge in [-0.05, 0) is 31.2 Å². The molecule has 0 fully saturated rings. The van der Waals surface area contributed by atoms with E-state index in [1.165, 1.54) is 11.8 Å². The van der Waals surface area contributed by atoms with Crippen molar-refractivity contribution in [3.05, 3.63) is 48.8 Å². The third-order valence-electron chi connectivity index (χ3n) is 4.40. The van der Waals surface area contributed by atoms with Gasteiger partial charge in [-0.3, -0.25) is 9.78 Å². The zero-order valence-electron chi connectivity index (χ0n) is 15.9. The number of carbonyl (C=O) groups excluding carboxylic acids is 1. The van der Waals surface area contributed by atoms with E-state index in [1.54, 1.807) is 12.4 Å². The summed E-state index contributed by atoms with van der Waals surface area (Å²) in [6.45, 7) is 3.53. The Bertz CT molecular complexity index is 979. The van der Waals surface area contributed by atoms with E-state index in [0.29, 0.717) is 30.6 Å². The first kappa shape index (κ1) is 19.3. The molecule has 0 saturated carbocycles. The monoisotopic (exact) mass is 411 g/mol. The lowest BCUT2D eigenvalue weighted by atomic mass is 10.2. The van der Waals surface area contributed by atoms with E-state index in [2.05, 4.69) is 20.5 Å². The third kappa shape index (κ3) is 4.51.